The van der Waals surface area contributed by atoms with E-state index in [-0.39, 0.29) is 5.91 Å². The first-order valence-corrected chi connectivity index (χ1v) is 8.36. The Morgan fingerprint density at radius 3 is 2.90 bits per heavy atom. The van der Waals surface area contributed by atoms with Crippen LogP contribution < -0.4 is 10.6 Å². The van der Waals surface area contributed by atoms with Gasteiger partial charge in [0, 0.05) is 11.4 Å². The fourth-order valence-corrected chi connectivity index (χ4v) is 3.56. The zero-order valence-electron chi connectivity index (χ0n) is 11.8. The van der Waals surface area contributed by atoms with Crippen LogP contribution in [-0.2, 0) is 6.42 Å². The Hall–Kier alpha value is -1.91. The Morgan fingerprint density at radius 1 is 1.52 bits per heavy atom. The van der Waals surface area contributed by atoms with Gasteiger partial charge in [-0.15, -0.1) is 11.3 Å². The normalized spacial score (nSPS) is 11.7. The highest BCUT2D eigenvalue weighted by Gasteiger charge is 2.21. The number of nitriles is 1. The van der Waals surface area contributed by atoms with Crippen molar-refractivity contribution in [3.8, 4) is 6.07 Å². The Bertz CT molecular complexity index is 642. The fraction of sp³-hybridized carbons (Fsp3) is 0.357. The molecule has 2 heterocycles. The lowest BCUT2D eigenvalue weighted by Gasteiger charge is -2.09. The minimum atomic E-state index is -0.619. The minimum Gasteiger partial charge on any atom is -0.362 e. The highest BCUT2D eigenvalue weighted by atomic mass is 32.1. The molecule has 21 heavy (non-hydrogen) atoms. The molecule has 0 saturated carbocycles. The predicted octanol–water partition coefficient (Wildman–Crippen LogP) is 3.19. The van der Waals surface area contributed by atoms with Gasteiger partial charge >= 0.3 is 0 Å². The van der Waals surface area contributed by atoms with Crippen LogP contribution in [0, 0.1) is 11.3 Å². The maximum absolute atomic E-state index is 12.4. The van der Waals surface area contributed by atoms with E-state index >= 15 is 0 Å². The molecule has 0 aromatic carbocycles. The summed E-state index contributed by atoms with van der Waals surface area (Å²) < 4.78 is 0. The number of anilines is 1. The number of aryl methyl sites for hydroxylation is 1. The number of thiazole rings is 1. The van der Waals surface area contributed by atoms with Gasteiger partial charge in [-0.1, -0.05) is 24.3 Å². The van der Waals surface area contributed by atoms with Gasteiger partial charge in [0.25, 0.3) is 5.91 Å². The second-order valence-electron chi connectivity index (χ2n) is 4.23. The molecule has 0 saturated heterocycles. The number of rotatable bonds is 6. The van der Waals surface area contributed by atoms with Crippen LogP contribution in [0.25, 0.3) is 0 Å². The molecule has 1 atom stereocenters. The molecule has 0 radical (unpaired) electrons. The molecule has 2 aromatic rings. The summed E-state index contributed by atoms with van der Waals surface area (Å²) in [5, 5.41) is 17.7. The molecule has 1 amide bonds. The van der Waals surface area contributed by atoms with E-state index in [2.05, 4.69) is 21.7 Å². The summed E-state index contributed by atoms with van der Waals surface area (Å²) in [4.78, 5) is 18.2. The molecule has 0 aliphatic carbocycles. The van der Waals surface area contributed by atoms with Crippen LogP contribution in [0.3, 0.4) is 0 Å². The van der Waals surface area contributed by atoms with Gasteiger partial charge in [-0.05, 0) is 24.8 Å². The van der Waals surface area contributed by atoms with Crippen molar-refractivity contribution in [1.82, 2.24) is 10.3 Å². The number of carbonyl (C=O) groups excluding carboxylic acids is 1. The molecule has 0 unspecified atom stereocenters. The maximum Gasteiger partial charge on any atom is 0.264 e. The zero-order chi connectivity index (χ0) is 15.2. The Morgan fingerprint density at radius 2 is 2.33 bits per heavy atom. The van der Waals surface area contributed by atoms with E-state index in [9.17, 15) is 10.1 Å². The average molecular weight is 320 g/mol. The van der Waals surface area contributed by atoms with E-state index in [0.717, 1.165) is 22.2 Å². The molecule has 0 aliphatic heterocycles. The van der Waals surface area contributed by atoms with E-state index in [1.807, 2.05) is 31.4 Å². The molecule has 0 bridgehead atoms. The van der Waals surface area contributed by atoms with Crippen molar-refractivity contribution < 1.29 is 4.79 Å². The Balaban J connectivity index is 2.18. The summed E-state index contributed by atoms with van der Waals surface area (Å²) in [6.07, 6.45) is 0.681. The quantitative estimate of drug-likeness (QED) is 0.857. The summed E-state index contributed by atoms with van der Waals surface area (Å²) in [5.74, 6) is -0.242. The smallest absolute Gasteiger partial charge is 0.264 e. The highest BCUT2D eigenvalue weighted by molar-refractivity contribution is 7.17. The summed E-state index contributed by atoms with van der Waals surface area (Å²) in [5.41, 5.74) is 0.760. The second kappa shape index (κ2) is 7.20. The van der Waals surface area contributed by atoms with Crippen molar-refractivity contribution in [2.75, 3.05) is 11.9 Å². The maximum atomic E-state index is 12.4. The number of hydrogen-bond acceptors (Lipinski definition) is 6. The van der Waals surface area contributed by atoms with E-state index in [1.165, 1.54) is 22.7 Å². The van der Waals surface area contributed by atoms with Gasteiger partial charge in [0.15, 0.2) is 11.2 Å². The largest absolute Gasteiger partial charge is 0.362 e. The fourth-order valence-electron chi connectivity index (χ4n) is 1.81. The van der Waals surface area contributed by atoms with Gasteiger partial charge in [0.2, 0.25) is 0 Å². The van der Waals surface area contributed by atoms with Gasteiger partial charge in [-0.25, -0.2) is 4.98 Å². The van der Waals surface area contributed by atoms with Crippen LogP contribution >= 0.6 is 22.7 Å². The zero-order valence-corrected chi connectivity index (χ0v) is 13.5. The summed E-state index contributed by atoms with van der Waals surface area (Å²) in [6, 6.07) is 5.21. The van der Waals surface area contributed by atoms with Crippen molar-refractivity contribution in [3.05, 3.63) is 33.0 Å². The first-order valence-electron chi connectivity index (χ1n) is 6.67. The van der Waals surface area contributed by atoms with Crippen molar-refractivity contribution in [2.24, 2.45) is 0 Å². The van der Waals surface area contributed by atoms with E-state index < -0.39 is 6.04 Å². The molecule has 7 heteroatoms. The summed E-state index contributed by atoms with van der Waals surface area (Å²) >= 11 is 2.78. The van der Waals surface area contributed by atoms with Crippen molar-refractivity contribution in [1.29, 1.82) is 5.26 Å². The van der Waals surface area contributed by atoms with Gasteiger partial charge in [-0.2, -0.15) is 5.26 Å². The number of amides is 1. The molecule has 0 aliphatic rings. The lowest BCUT2D eigenvalue weighted by molar-refractivity contribution is 0.0948. The molecule has 0 spiro atoms. The third-order valence-electron chi connectivity index (χ3n) is 2.80. The van der Waals surface area contributed by atoms with Crippen molar-refractivity contribution in [3.63, 3.8) is 0 Å². The van der Waals surface area contributed by atoms with Gasteiger partial charge < -0.3 is 10.6 Å². The first-order chi connectivity index (χ1) is 10.2. The first kappa shape index (κ1) is 15.5. The molecule has 5 nitrogen and oxygen atoms in total. The number of aromatic nitrogens is 1. The van der Waals surface area contributed by atoms with E-state index in [4.69, 9.17) is 0 Å². The van der Waals surface area contributed by atoms with Crippen LogP contribution in [0.2, 0.25) is 0 Å². The topological polar surface area (TPSA) is 77.8 Å². The third-order valence-corrected chi connectivity index (χ3v) is 4.79. The minimum absolute atomic E-state index is 0.242. The van der Waals surface area contributed by atoms with E-state index in [0.29, 0.717) is 11.3 Å². The number of nitrogens with zero attached hydrogens (tertiary/aromatic N) is 2. The van der Waals surface area contributed by atoms with Gasteiger partial charge in [0.1, 0.15) is 4.88 Å². The average Bonchev–Trinajstić information content (AvgIpc) is 3.14. The molecule has 110 valence electrons. The molecule has 2 aromatic heterocycles. The third kappa shape index (κ3) is 3.60. The molecular formula is C14H16N4OS2. The molecule has 2 N–H and O–H groups in total. The molecule has 2 rings (SSSR count). The second-order valence-corrected chi connectivity index (χ2v) is 6.21. The molecular weight excluding hydrogens is 304 g/mol. The van der Waals surface area contributed by atoms with Crippen LogP contribution in [0.5, 0.6) is 0 Å². The van der Waals surface area contributed by atoms with Gasteiger partial charge in [0.05, 0.1) is 11.8 Å². The van der Waals surface area contributed by atoms with Crippen LogP contribution in [0.4, 0.5) is 5.13 Å². The van der Waals surface area contributed by atoms with Crippen LogP contribution in [0.1, 0.15) is 40.1 Å². The lowest BCUT2D eigenvalue weighted by Crippen LogP contribution is -2.27. The number of nitrogens with one attached hydrogen (secondary N) is 2. The number of thiophene rings is 1. The SMILES string of the molecule is CCNc1nc(CC)c(C(=O)N[C@H](C#N)c2cccs2)s1. The van der Waals surface area contributed by atoms with Gasteiger partial charge in [-0.3, -0.25) is 4.79 Å². The number of hydrogen-bond donors (Lipinski definition) is 2. The summed E-state index contributed by atoms with van der Waals surface area (Å²) in [7, 11) is 0. The molecule has 0 fully saturated rings. The van der Waals surface area contributed by atoms with Crippen LogP contribution in [-0.4, -0.2) is 17.4 Å². The Labute approximate surface area is 131 Å². The van der Waals surface area contributed by atoms with Crippen molar-refractivity contribution >= 4 is 33.7 Å². The predicted molar refractivity (Wildman–Crippen MR) is 85.8 cm³/mol. The standard InChI is InChI=1S/C14H16N4OS2/c1-3-9-12(21-14(18-9)16-4-2)13(19)17-10(8-15)11-6-5-7-20-11/h5-7,10H,3-4H2,1-2H3,(H,16,18)(H,17,19)/t10-/m1/s1. The van der Waals surface area contributed by atoms with E-state index in [1.54, 1.807) is 0 Å². The lowest BCUT2D eigenvalue weighted by atomic mass is 10.2. The Kier molecular flexibility index (Phi) is 5.31. The monoisotopic (exact) mass is 320 g/mol. The summed E-state index contributed by atoms with van der Waals surface area (Å²) in [6.45, 7) is 4.70. The van der Waals surface area contributed by atoms with Crippen molar-refractivity contribution in [2.45, 2.75) is 26.3 Å². The number of carbonyl (C=O) groups is 1. The highest BCUT2D eigenvalue weighted by Crippen LogP contribution is 2.25. The van der Waals surface area contributed by atoms with Crippen LogP contribution in [0.15, 0.2) is 17.5 Å².